The normalized spacial score (nSPS) is 26.7. The number of β-amino-alcohol motifs (C(OH)–C–C–N with tert-alkyl or cyclic N) is 1. The summed E-state index contributed by atoms with van der Waals surface area (Å²) in [6.45, 7) is 6.80. The molecule has 2 bridgehead atoms. The van der Waals surface area contributed by atoms with Crippen molar-refractivity contribution < 1.29 is 15.0 Å². The third-order valence-electron chi connectivity index (χ3n) is 12.0. The van der Waals surface area contributed by atoms with Crippen molar-refractivity contribution in [2.24, 2.45) is 5.41 Å². The van der Waals surface area contributed by atoms with E-state index >= 15 is 0 Å². The van der Waals surface area contributed by atoms with Crippen molar-refractivity contribution in [3.8, 4) is 0 Å². The predicted octanol–water partition coefficient (Wildman–Crippen LogP) is 8.71. The number of allylic oxidation sites excluding steroid dienone is 2. The number of aliphatic hydroxyl groups excluding tert-OH is 1. The molecule has 1 saturated carbocycles. The van der Waals surface area contributed by atoms with Crippen LogP contribution >= 0.6 is 11.3 Å². The van der Waals surface area contributed by atoms with Crippen molar-refractivity contribution in [1.82, 2.24) is 9.88 Å². The SMILES string of the molecule is CC1=CCCC2(C)C(CCC2(O)CN2CCc3c([nH]c4ccccc34)C2)c2ccc(cc2C(=O)c2cc3ccccc3s2)CC(O)CC1. The molecule has 5 nitrogen and oxygen atoms in total. The molecule has 4 unspecified atom stereocenters. The minimum Gasteiger partial charge on any atom is -0.393 e. The summed E-state index contributed by atoms with van der Waals surface area (Å²) in [5, 5.41) is 26.3. The summed E-state index contributed by atoms with van der Waals surface area (Å²) < 4.78 is 1.11. The first kappa shape index (κ1) is 31.7. The van der Waals surface area contributed by atoms with Crippen LogP contribution in [0.1, 0.15) is 95.9 Å². The summed E-state index contributed by atoms with van der Waals surface area (Å²) in [5.41, 5.74) is 6.59. The topological polar surface area (TPSA) is 76.6 Å². The van der Waals surface area contributed by atoms with Crippen LogP contribution in [-0.2, 0) is 19.4 Å². The number of thiophene rings is 1. The van der Waals surface area contributed by atoms with Crippen LogP contribution in [-0.4, -0.2) is 50.7 Å². The Labute approximate surface area is 287 Å². The first-order chi connectivity index (χ1) is 23.2. The zero-order valence-electron chi connectivity index (χ0n) is 28.1. The van der Waals surface area contributed by atoms with E-state index in [1.807, 2.05) is 18.2 Å². The van der Waals surface area contributed by atoms with Crippen molar-refractivity contribution in [2.45, 2.75) is 89.4 Å². The van der Waals surface area contributed by atoms with E-state index in [1.165, 1.54) is 27.7 Å². The van der Waals surface area contributed by atoms with E-state index in [-0.39, 0.29) is 11.7 Å². The van der Waals surface area contributed by atoms with Crippen LogP contribution in [0, 0.1) is 5.41 Å². The predicted molar refractivity (Wildman–Crippen MR) is 196 cm³/mol. The van der Waals surface area contributed by atoms with Gasteiger partial charge in [-0.3, -0.25) is 9.69 Å². The number of nitrogens with zero attached hydrogens (tertiary/aromatic N) is 1. The molecule has 1 aliphatic heterocycles. The fourth-order valence-electron chi connectivity index (χ4n) is 9.18. The van der Waals surface area contributed by atoms with Gasteiger partial charge in [-0.05, 0) is 111 Å². The molecule has 4 aliphatic rings. The number of H-pyrrole nitrogens is 1. The van der Waals surface area contributed by atoms with Crippen LogP contribution in [0.25, 0.3) is 21.0 Å². The highest BCUT2D eigenvalue weighted by Gasteiger charge is 2.57. The molecule has 5 aromatic rings. The van der Waals surface area contributed by atoms with Gasteiger partial charge in [-0.25, -0.2) is 0 Å². The van der Waals surface area contributed by atoms with E-state index in [4.69, 9.17) is 0 Å². The van der Waals surface area contributed by atoms with Gasteiger partial charge < -0.3 is 15.2 Å². The minimum absolute atomic E-state index is 0.0277. The Kier molecular flexibility index (Phi) is 8.19. The molecule has 0 spiro atoms. The van der Waals surface area contributed by atoms with Gasteiger partial charge in [0.15, 0.2) is 0 Å². The second kappa shape index (κ2) is 12.4. The van der Waals surface area contributed by atoms with Gasteiger partial charge in [0.2, 0.25) is 5.78 Å². The molecular weight excluding hydrogens is 613 g/mol. The van der Waals surface area contributed by atoms with E-state index in [9.17, 15) is 15.0 Å². The van der Waals surface area contributed by atoms with Gasteiger partial charge in [0.25, 0.3) is 0 Å². The maximum Gasteiger partial charge on any atom is 0.203 e. The molecular formula is C42H46N2O3S. The standard InChI is InChI=1S/C42H46N2O3S/c1-27-8-7-19-41(2)35(17-20-42(41,47)26-44-21-18-33-32-10-4-5-11-36(32)43-37(33)25-44)31-16-14-28(22-30(45)15-13-27)23-34(31)40(46)39-24-29-9-3-6-12-38(29)48-39/h3-6,8-12,14,16,23-24,30,35,43,45,47H,7,13,15,17-22,25-26H2,1-2H3. The molecule has 3 heterocycles. The molecule has 48 heavy (non-hydrogen) atoms. The Morgan fingerprint density at radius 3 is 2.73 bits per heavy atom. The number of carbonyl (C=O) groups is 1. The van der Waals surface area contributed by atoms with Crippen molar-refractivity contribution in [2.75, 3.05) is 13.1 Å². The minimum atomic E-state index is -0.910. The van der Waals surface area contributed by atoms with Crippen molar-refractivity contribution >= 4 is 38.1 Å². The number of rotatable bonds is 4. The van der Waals surface area contributed by atoms with Gasteiger partial charge in [0.1, 0.15) is 0 Å². The summed E-state index contributed by atoms with van der Waals surface area (Å²) in [6.07, 6.45) is 8.12. The average molecular weight is 659 g/mol. The van der Waals surface area contributed by atoms with Gasteiger partial charge in [-0.1, -0.05) is 67.1 Å². The van der Waals surface area contributed by atoms with Gasteiger partial charge in [-0.2, -0.15) is 0 Å². The molecule has 9 rings (SSSR count). The molecule has 1 fully saturated rings. The maximum atomic E-state index is 14.5. The molecule has 248 valence electrons. The second-order valence-corrected chi connectivity index (χ2v) is 16.1. The number of aliphatic hydroxyl groups is 2. The quantitative estimate of drug-likeness (QED) is 0.133. The lowest BCUT2D eigenvalue weighted by Crippen LogP contribution is -2.53. The first-order valence-corrected chi connectivity index (χ1v) is 18.6. The highest BCUT2D eigenvalue weighted by molar-refractivity contribution is 7.21. The lowest BCUT2D eigenvalue weighted by Gasteiger charge is -2.46. The van der Waals surface area contributed by atoms with Crippen LogP contribution in [0.3, 0.4) is 0 Å². The van der Waals surface area contributed by atoms with E-state index < -0.39 is 17.1 Å². The Hall–Kier alpha value is -3.55. The second-order valence-electron chi connectivity index (χ2n) is 15.0. The third kappa shape index (κ3) is 5.57. The highest BCUT2D eigenvalue weighted by atomic mass is 32.1. The first-order valence-electron chi connectivity index (χ1n) is 17.7. The summed E-state index contributed by atoms with van der Waals surface area (Å²) in [4.78, 5) is 21.4. The van der Waals surface area contributed by atoms with E-state index in [0.717, 1.165) is 76.8 Å². The van der Waals surface area contributed by atoms with Crippen LogP contribution in [0.2, 0.25) is 0 Å². The molecule has 3 aliphatic carbocycles. The van der Waals surface area contributed by atoms with Crippen molar-refractivity contribution in [3.05, 3.63) is 117 Å². The lowest BCUT2D eigenvalue weighted by molar-refractivity contribution is -0.0857. The lowest BCUT2D eigenvalue weighted by atomic mass is 9.64. The molecule has 0 radical (unpaired) electrons. The Morgan fingerprint density at radius 1 is 1.02 bits per heavy atom. The van der Waals surface area contributed by atoms with Crippen molar-refractivity contribution in [3.63, 3.8) is 0 Å². The van der Waals surface area contributed by atoms with E-state index in [2.05, 4.69) is 84.4 Å². The van der Waals surface area contributed by atoms with Crippen molar-refractivity contribution in [1.29, 1.82) is 0 Å². The Morgan fingerprint density at radius 2 is 1.85 bits per heavy atom. The zero-order valence-corrected chi connectivity index (χ0v) is 28.9. The Bertz CT molecular complexity index is 2010. The number of hydrogen-bond acceptors (Lipinski definition) is 5. The number of benzene rings is 3. The number of hydrogen-bond donors (Lipinski definition) is 3. The molecule has 4 atom stereocenters. The van der Waals surface area contributed by atoms with Crippen LogP contribution < -0.4 is 0 Å². The molecule has 2 aromatic heterocycles. The molecule has 0 saturated heterocycles. The van der Waals surface area contributed by atoms with E-state index in [1.54, 1.807) is 11.3 Å². The number of carbonyl (C=O) groups excluding carboxylic acids is 1. The monoisotopic (exact) mass is 658 g/mol. The van der Waals surface area contributed by atoms with Crippen LogP contribution in [0.5, 0.6) is 0 Å². The summed E-state index contributed by atoms with van der Waals surface area (Å²) >= 11 is 1.55. The number of nitrogens with one attached hydrogen (secondary N) is 1. The molecule has 3 N–H and O–H groups in total. The highest BCUT2D eigenvalue weighted by Crippen LogP contribution is 2.59. The zero-order chi connectivity index (χ0) is 33.0. The van der Waals surface area contributed by atoms with Crippen LogP contribution in [0.15, 0.2) is 84.4 Å². The van der Waals surface area contributed by atoms with Crippen LogP contribution in [0.4, 0.5) is 0 Å². The summed E-state index contributed by atoms with van der Waals surface area (Å²) in [6, 6.07) is 25.1. The Balaban J connectivity index is 1.17. The molecule has 3 aromatic carbocycles. The van der Waals surface area contributed by atoms with Gasteiger partial charge in [0, 0.05) is 51.9 Å². The fourth-order valence-corrected chi connectivity index (χ4v) is 10.2. The smallest absolute Gasteiger partial charge is 0.203 e. The maximum absolute atomic E-state index is 14.5. The number of aromatic amines is 1. The summed E-state index contributed by atoms with van der Waals surface area (Å²) in [7, 11) is 0. The fraction of sp³-hybridized carbons (Fsp3) is 0.405. The number of aromatic nitrogens is 1. The number of fused-ring (bicyclic) bond motifs is 12. The van der Waals surface area contributed by atoms with E-state index in [0.29, 0.717) is 25.8 Å². The largest absolute Gasteiger partial charge is 0.393 e. The molecule has 0 amide bonds. The number of ketones is 1. The molecule has 6 heteroatoms. The number of para-hydroxylation sites is 1. The van der Waals surface area contributed by atoms with Gasteiger partial charge >= 0.3 is 0 Å². The van der Waals surface area contributed by atoms with Gasteiger partial charge in [-0.15, -0.1) is 11.3 Å². The van der Waals surface area contributed by atoms with Gasteiger partial charge in [0.05, 0.1) is 16.6 Å². The third-order valence-corrected chi connectivity index (χ3v) is 13.1. The summed E-state index contributed by atoms with van der Waals surface area (Å²) in [5.74, 6) is 0.0745. The average Bonchev–Trinajstić information content (AvgIpc) is 3.75.